The van der Waals surface area contributed by atoms with Crippen LogP contribution in [0.5, 0.6) is 0 Å². The second-order valence-electron chi connectivity index (χ2n) is 5.99. The van der Waals surface area contributed by atoms with E-state index in [0.29, 0.717) is 24.0 Å². The summed E-state index contributed by atoms with van der Waals surface area (Å²) < 4.78 is 5.74. The van der Waals surface area contributed by atoms with Gasteiger partial charge in [0.15, 0.2) is 0 Å². The molecule has 0 radical (unpaired) electrons. The second-order valence-corrected chi connectivity index (χ2v) is 6.93. The summed E-state index contributed by atoms with van der Waals surface area (Å²) in [5, 5.41) is 21.4. The van der Waals surface area contributed by atoms with Gasteiger partial charge in [-0.15, -0.1) is 21.5 Å². The molecule has 1 saturated heterocycles. The Labute approximate surface area is 153 Å². The van der Waals surface area contributed by atoms with Crippen molar-refractivity contribution in [3.63, 3.8) is 0 Å². The zero-order chi connectivity index (χ0) is 17.9. The molecule has 0 bridgehead atoms. The molecule has 3 heterocycles. The third-order valence-corrected chi connectivity index (χ3v) is 5.21. The first-order valence-corrected chi connectivity index (χ1v) is 9.15. The molecule has 1 aliphatic heterocycles. The highest BCUT2D eigenvalue weighted by Crippen LogP contribution is 2.28. The molecule has 1 aliphatic rings. The van der Waals surface area contributed by atoms with E-state index in [-0.39, 0.29) is 10.6 Å². The largest absolute Gasteiger partial charge is 0.419 e. The van der Waals surface area contributed by atoms with Crippen molar-refractivity contribution in [2.75, 3.05) is 31.1 Å². The van der Waals surface area contributed by atoms with Gasteiger partial charge in [-0.25, -0.2) is 0 Å². The molecule has 1 aromatic carbocycles. The number of para-hydroxylation sites is 2. The topological polar surface area (TPSA) is 88.5 Å². The molecule has 0 atom stereocenters. The lowest BCUT2D eigenvalue weighted by molar-refractivity contribution is -0.384. The van der Waals surface area contributed by atoms with Gasteiger partial charge in [-0.1, -0.05) is 18.2 Å². The Morgan fingerprint density at radius 3 is 2.65 bits per heavy atom. The van der Waals surface area contributed by atoms with Gasteiger partial charge < -0.3 is 9.32 Å². The standard InChI is InChI=1S/C17H17N5O3S/c23-22(24)14-5-2-1-4-13(14)21-9-7-20(8-10-21)12-16-18-19-17(25-16)15-6-3-11-26-15/h1-6,11H,7-10,12H2. The fourth-order valence-corrected chi connectivity index (χ4v) is 3.69. The molecule has 134 valence electrons. The smallest absolute Gasteiger partial charge is 0.292 e. The number of thiophene rings is 1. The molecule has 26 heavy (non-hydrogen) atoms. The molecule has 4 rings (SSSR count). The number of nitro groups is 1. The van der Waals surface area contributed by atoms with Gasteiger partial charge in [0, 0.05) is 32.2 Å². The monoisotopic (exact) mass is 371 g/mol. The Bertz CT molecular complexity index is 887. The third kappa shape index (κ3) is 3.44. The fourth-order valence-electron chi connectivity index (χ4n) is 3.04. The van der Waals surface area contributed by atoms with Crippen molar-refractivity contribution in [3.05, 3.63) is 57.8 Å². The molecule has 0 N–H and O–H groups in total. The van der Waals surface area contributed by atoms with Crippen LogP contribution in [0.25, 0.3) is 10.8 Å². The van der Waals surface area contributed by atoms with E-state index in [1.54, 1.807) is 29.5 Å². The van der Waals surface area contributed by atoms with E-state index in [4.69, 9.17) is 4.42 Å². The summed E-state index contributed by atoms with van der Waals surface area (Å²) in [7, 11) is 0. The van der Waals surface area contributed by atoms with Crippen LogP contribution in [0.15, 0.2) is 46.2 Å². The zero-order valence-electron chi connectivity index (χ0n) is 13.9. The molecule has 2 aromatic heterocycles. The molecule has 1 fully saturated rings. The van der Waals surface area contributed by atoms with Crippen LogP contribution in [0.4, 0.5) is 11.4 Å². The molecule has 0 amide bonds. The number of anilines is 1. The maximum absolute atomic E-state index is 11.2. The highest BCUT2D eigenvalue weighted by Gasteiger charge is 2.24. The van der Waals surface area contributed by atoms with E-state index in [1.807, 2.05) is 23.6 Å². The van der Waals surface area contributed by atoms with Crippen molar-refractivity contribution in [2.24, 2.45) is 0 Å². The molecule has 3 aromatic rings. The average molecular weight is 371 g/mol. The Balaban J connectivity index is 1.38. The summed E-state index contributed by atoms with van der Waals surface area (Å²) in [6, 6.07) is 10.8. The lowest BCUT2D eigenvalue weighted by atomic mass is 10.2. The van der Waals surface area contributed by atoms with E-state index in [1.165, 1.54) is 0 Å². The predicted molar refractivity (Wildman–Crippen MR) is 98.2 cm³/mol. The predicted octanol–water partition coefficient (Wildman–Crippen LogP) is 3.03. The molecule has 8 nitrogen and oxygen atoms in total. The average Bonchev–Trinajstić information content (AvgIpc) is 3.34. The highest BCUT2D eigenvalue weighted by molar-refractivity contribution is 7.13. The Kier molecular flexibility index (Phi) is 4.63. The van der Waals surface area contributed by atoms with Gasteiger partial charge >= 0.3 is 0 Å². The van der Waals surface area contributed by atoms with Gasteiger partial charge in [0.25, 0.3) is 11.6 Å². The molecule has 0 aliphatic carbocycles. The maximum Gasteiger partial charge on any atom is 0.292 e. The van der Waals surface area contributed by atoms with Crippen molar-refractivity contribution < 1.29 is 9.34 Å². The van der Waals surface area contributed by atoms with Gasteiger partial charge in [0.2, 0.25) is 5.89 Å². The van der Waals surface area contributed by atoms with Crippen LogP contribution in [0.3, 0.4) is 0 Å². The fraction of sp³-hybridized carbons (Fsp3) is 0.294. The van der Waals surface area contributed by atoms with Crippen LogP contribution < -0.4 is 4.90 Å². The first kappa shape index (κ1) is 16.7. The van der Waals surface area contributed by atoms with E-state index >= 15 is 0 Å². The summed E-state index contributed by atoms with van der Waals surface area (Å²) in [6.07, 6.45) is 0. The minimum atomic E-state index is -0.327. The van der Waals surface area contributed by atoms with Gasteiger partial charge in [0.1, 0.15) is 5.69 Å². The van der Waals surface area contributed by atoms with Crippen LogP contribution in [0.2, 0.25) is 0 Å². The quantitative estimate of drug-likeness (QED) is 0.503. The lowest BCUT2D eigenvalue weighted by Gasteiger charge is -2.35. The molecule has 0 spiro atoms. The maximum atomic E-state index is 11.2. The van der Waals surface area contributed by atoms with Crippen LogP contribution >= 0.6 is 11.3 Å². The van der Waals surface area contributed by atoms with Crippen molar-refractivity contribution in [2.45, 2.75) is 6.54 Å². The molecular formula is C17H17N5O3S. The second kappa shape index (κ2) is 7.22. The van der Waals surface area contributed by atoms with Crippen LogP contribution in [-0.2, 0) is 6.54 Å². The van der Waals surface area contributed by atoms with Crippen LogP contribution in [0, 0.1) is 10.1 Å². The first-order chi connectivity index (χ1) is 12.7. The molecule has 0 saturated carbocycles. The Hall–Kier alpha value is -2.78. The number of hydrogen-bond acceptors (Lipinski definition) is 8. The minimum Gasteiger partial charge on any atom is -0.419 e. The minimum absolute atomic E-state index is 0.151. The third-order valence-electron chi connectivity index (χ3n) is 4.35. The number of hydrogen-bond donors (Lipinski definition) is 0. The van der Waals surface area contributed by atoms with Gasteiger partial charge in [-0.2, -0.15) is 0 Å². The van der Waals surface area contributed by atoms with Crippen molar-refractivity contribution in [1.29, 1.82) is 0 Å². The van der Waals surface area contributed by atoms with E-state index in [9.17, 15) is 10.1 Å². The number of benzene rings is 1. The summed E-state index contributed by atoms with van der Waals surface area (Å²) in [6.45, 7) is 3.59. The number of rotatable bonds is 5. The van der Waals surface area contributed by atoms with Crippen LogP contribution in [0.1, 0.15) is 5.89 Å². The van der Waals surface area contributed by atoms with Gasteiger partial charge in [-0.05, 0) is 17.5 Å². The van der Waals surface area contributed by atoms with Gasteiger partial charge in [-0.3, -0.25) is 15.0 Å². The van der Waals surface area contributed by atoms with Crippen molar-refractivity contribution >= 4 is 22.7 Å². The Morgan fingerprint density at radius 2 is 1.92 bits per heavy atom. The lowest BCUT2D eigenvalue weighted by Crippen LogP contribution is -2.46. The van der Waals surface area contributed by atoms with Crippen LogP contribution in [-0.4, -0.2) is 46.2 Å². The summed E-state index contributed by atoms with van der Waals surface area (Å²) in [4.78, 5) is 16.1. The highest BCUT2D eigenvalue weighted by atomic mass is 32.1. The van der Waals surface area contributed by atoms with Crippen molar-refractivity contribution in [1.82, 2.24) is 15.1 Å². The number of piperazine rings is 1. The van der Waals surface area contributed by atoms with E-state index in [2.05, 4.69) is 20.0 Å². The molecule has 0 unspecified atom stereocenters. The normalized spacial score (nSPS) is 15.3. The van der Waals surface area contributed by atoms with Gasteiger partial charge in [0.05, 0.1) is 16.3 Å². The summed E-state index contributed by atoms with van der Waals surface area (Å²) >= 11 is 1.57. The molecule has 9 heteroatoms. The number of nitrogens with zero attached hydrogens (tertiary/aromatic N) is 5. The van der Waals surface area contributed by atoms with E-state index < -0.39 is 0 Å². The van der Waals surface area contributed by atoms with Crippen molar-refractivity contribution in [3.8, 4) is 10.8 Å². The Morgan fingerprint density at radius 1 is 1.12 bits per heavy atom. The first-order valence-electron chi connectivity index (χ1n) is 8.28. The van der Waals surface area contributed by atoms with E-state index in [0.717, 1.165) is 31.1 Å². The number of aromatic nitrogens is 2. The number of nitro benzene ring substituents is 1. The summed E-state index contributed by atoms with van der Waals surface area (Å²) in [5.74, 6) is 1.14. The SMILES string of the molecule is O=[N+]([O-])c1ccccc1N1CCN(Cc2nnc(-c3cccs3)o2)CC1. The summed E-state index contributed by atoms with van der Waals surface area (Å²) in [5.41, 5.74) is 0.827. The molecular weight excluding hydrogens is 354 g/mol. The zero-order valence-corrected chi connectivity index (χ0v) is 14.8.